The largest absolute Gasteiger partial charge is 0.493 e. The Morgan fingerprint density at radius 1 is 1.26 bits per heavy atom. The van der Waals surface area contributed by atoms with Gasteiger partial charge in [-0.1, -0.05) is 0 Å². The molecular formula is C18H26N2O3. The number of hydrogen-bond donors (Lipinski definition) is 1. The Bertz CT molecular complexity index is 555. The Balaban J connectivity index is 1.71. The number of amides is 1. The molecule has 1 amide bonds. The van der Waals surface area contributed by atoms with E-state index in [1.165, 1.54) is 12.8 Å². The summed E-state index contributed by atoms with van der Waals surface area (Å²) in [5, 5.41) is 0. The van der Waals surface area contributed by atoms with Crippen LogP contribution in [0, 0.1) is 5.92 Å². The van der Waals surface area contributed by atoms with Crippen molar-refractivity contribution in [2.45, 2.75) is 38.2 Å². The van der Waals surface area contributed by atoms with E-state index in [1.54, 1.807) is 13.2 Å². The van der Waals surface area contributed by atoms with Crippen molar-refractivity contribution in [2.75, 3.05) is 26.7 Å². The maximum Gasteiger partial charge on any atom is 0.254 e. The monoisotopic (exact) mass is 318 g/mol. The van der Waals surface area contributed by atoms with Crippen LogP contribution in [0.3, 0.4) is 0 Å². The number of methoxy groups -OCH3 is 1. The molecule has 0 aromatic heterocycles. The standard InChI is InChI=1S/C18H26N2O3/c1-22-17-10-14(18(21)20-9-8-13(11-19)12-20)6-7-16(17)23-15-4-2-3-5-15/h6-7,10,13,15H,2-5,8-9,11-12,19H2,1H3/t13-/m0/s1. The lowest BCUT2D eigenvalue weighted by Crippen LogP contribution is -2.29. The maximum atomic E-state index is 12.6. The Morgan fingerprint density at radius 2 is 2.04 bits per heavy atom. The minimum atomic E-state index is 0.0478. The number of nitrogens with two attached hydrogens (primary N) is 1. The second-order valence-corrected chi connectivity index (χ2v) is 6.53. The highest BCUT2D eigenvalue weighted by Gasteiger charge is 2.27. The predicted octanol–water partition coefficient (Wildman–Crippen LogP) is 2.44. The number of benzene rings is 1. The molecular weight excluding hydrogens is 292 g/mol. The summed E-state index contributed by atoms with van der Waals surface area (Å²) in [6, 6.07) is 5.49. The highest BCUT2D eigenvalue weighted by molar-refractivity contribution is 5.95. The average Bonchev–Trinajstić information content (AvgIpc) is 3.26. The van der Waals surface area contributed by atoms with Gasteiger partial charge in [-0.05, 0) is 62.8 Å². The Kier molecular flexibility index (Phi) is 5.06. The number of rotatable bonds is 5. The molecule has 0 spiro atoms. The number of hydrogen-bond acceptors (Lipinski definition) is 4. The van der Waals surface area contributed by atoms with Gasteiger partial charge in [0.1, 0.15) is 0 Å². The molecule has 1 aromatic carbocycles. The molecule has 0 radical (unpaired) electrons. The van der Waals surface area contributed by atoms with Crippen LogP contribution in [-0.4, -0.2) is 43.7 Å². The number of ether oxygens (including phenoxy) is 2. The van der Waals surface area contributed by atoms with Crippen molar-refractivity contribution in [3.63, 3.8) is 0 Å². The van der Waals surface area contributed by atoms with Crippen LogP contribution in [-0.2, 0) is 0 Å². The summed E-state index contributed by atoms with van der Waals surface area (Å²) in [6.07, 6.45) is 5.90. The van der Waals surface area contributed by atoms with Crippen LogP contribution in [0.5, 0.6) is 11.5 Å². The molecule has 1 heterocycles. The average molecular weight is 318 g/mol. The molecule has 126 valence electrons. The molecule has 23 heavy (non-hydrogen) atoms. The van der Waals surface area contributed by atoms with Crippen LogP contribution < -0.4 is 15.2 Å². The van der Waals surface area contributed by atoms with E-state index in [0.29, 0.717) is 23.8 Å². The Morgan fingerprint density at radius 3 is 2.70 bits per heavy atom. The molecule has 2 aliphatic rings. The summed E-state index contributed by atoms with van der Waals surface area (Å²) in [6.45, 7) is 2.17. The van der Waals surface area contributed by atoms with Gasteiger partial charge in [-0.3, -0.25) is 4.79 Å². The molecule has 1 aliphatic heterocycles. The topological polar surface area (TPSA) is 64.8 Å². The predicted molar refractivity (Wildman–Crippen MR) is 88.9 cm³/mol. The second-order valence-electron chi connectivity index (χ2n) is 6.53. The fourth-order valence-electron chi connectivity index (χ4n) is 3.48. The zero-order chi connectivity index (χ0) is 16.2. The van der Waals surface area contributed by atoms with E-state index >= 15 is 0 Å². The van der Waals surface area contributed by atoms with Crippen LogP contribution in [0.4, 0.5) is 0 Å². The van der Waals surface area contributed by atoms with E-state index in [1.807, 2.05) is 17.0 Å². The SMILES string of the molecule is COc1cc(C(=O)N2CC[C@@H](CN)C2)ccc1OC1CCCC1. The summed E-state index contributed by atoms with van der Waals surface area (Å²) < 4.78 is 11.5. The summed E-state index contributed by atoms with van der Waals surface area (Å²) in [5.41, 5.74) is 6.35. The quantitative estimate of drug-likeness (QED) is 0.905. The van der Waals surface area contributed by atoms with Crippen LogP contribution in [0.15, 0.2) is 18.2 Å². The number of likely N-dealkylation sites (tertiary alicyclic amines) is 1. The lowest BCUT2D eigenvalue weighted by molar-refractivity contribution is 0.0787. The molecule has 0 bridgehead atoms. The Labute approximate surface area is 137 Å². The minimum absolute atomic E-state index is 0.0478. The molecule has 2 N–H and O–H groups in total. The van der Waals surface area contributed by atoms with Gasteiger partial charge >= 0.3 is 0 Å². The van der Waals surface area contributed by atoms with Crippen LogP contribution in [0.2, 0.25) is 0 Å². The highest BCUT2D eigenvalue weighted by Crippen LogP contribution is 2.33. The van der Waals surface area contributed by atoms with Crippen molar-refractivity contribution in [1.82, 2.24) is 4.90 Å². The lowest BCUT2D eigenvalue weighted by Gasteiger charge is -2.19. The molecule has 3 rings (SSSR count). The van der Waals surface area contributed by atoms with Crippen LogP contribution in [0.1, 0.15) is 42.5 Å². The fraction of sp³-hybridized carbons (Fsp3) is 0.611. The van der Waals surface area contributed by atoms with Gasteiger partial charge in [-0.25, -0.2) is 0 Å². The first-order chi connectivity index (χ1) is 11.2. The molecule has 1 aliphatic carbocycles. The number of carbonyl (C=O) groups is 1. The second kappa shape index (κ2) is 7.21. The zero-order valence-electron chi connectivity index (χ0n) is 13.8. The molecule has 1 saturated carbocycles. The molecule has 1 aromatic rings. The first-order valence-corrected chi connectivity index (χ1v) is 8.55. The summed E-state index contributed by atoms with van der Waals surface area (Å²) in [5.74, 6) is 1.84. The molecule has 1 saturated heterocycles. The van der Waals surface area contributed by atoms with Gasteiger partial charge in [0, 0.05) is 18.7 Å². The summed E-state index contributed by atoms with van der Waals surface area (Å²) >= 11 is 0. The van der Waals surface area contributed by atoms with E-state index in [-0.39, 0.29) is 12.0 Å². The van der Waals surface area contributed by atoms with Gasteiger partial charge in [0.15, 0.2) is 11.5 Å². The van der Waals surface area contributed by atoms with Gasteiger partial charge in [0.2, 0.25) is 0 Å². The molecule has 5 nitrogen and oxygen atoms in total. The highest BCUT2D eigenvalue weighted by atomic mass is 16.5. The smallest absolute Gasteiger partial charge is 0.254 e. The Hall–Kier alpha value is -1.75. The van der Waals surface area contributed by atoms with Crippen molar-refractivity contribution in [1.29, 1.82) is 0 Å². The first-order valence-electron chi connectivity index (χ1n) is 8.55. The van der Waals surface area contributed by atoms with Gasteiger partial charge in [-0.2, -0.15) is 0 Å². The fourth-order valence-corrected chi connectivity index (χ4v) is 3.48. The number of nitrogens with zero attached hydrogens (tertiary/aromatic N) is 1. The first kappa shape index (κ1) is 16.1. The van der Waals surface area contributed by atoms with E-state index < -0.39 is 0 Å². The van der Waals surface area contributed by atoms with Gasteiger partial charge in [0.25, 0.3) is 5.91 Å². The van der Waals surface area contributed by atoms with Crippen LogP contribution >= 0.6 is 0 Å². The van der Waals surface area contributed by atoms with Crippen molar-refractivity contribution in [2.24, 2.45) is 11.7 Å². The molecule has 1 atom stereocenters. The van der Waals surface area contributed by atoms with Crippen molar-refractivity contribution >= 4 is 5.91 Å². The zero-order valence-corrected chi connectivity index (χ0v) is 13.8. The van der Waals surface area contributed by atoms with Gasteiger partial charge in [0.05, 0.1) is 13.2 Å². The van der Waals surface area contributed by atoms with Crippen LogP contribution in [0.25, 0.3) is 0 Å². The van der Waals surface area contributed by atoms with Crippen molar-refractivity contribution in [3.8, 4) is 11.5 Å². The summed E-state index contributed by atoms with van der Waals surface area (Å²) in [7, 11) is 1.62. The van der Waals surface area contributed by atoms with E-state index in [0.717, 1.165) is 38.1 Å². The number of carbonyl (C=O) groups excluding carboxylic acids is 1. The lowest BCUT2D eigenvalue weighted by atomic mass is 10.1. The van der Waals surface area contributed by atoms with E-state index in [9.17, 15) is 4.79 Å². The van der Waals surface area contributed by atoms with Gasteiger partial charge < -0.3 is 20.1 Å². The van der Waals surface area contributed by atoms with Crippen molar-refractivity contribution in [3.05, 3.63) is 23.8 Å². The third-order valence-electron chi connectivity index (χ3n) is 4.91. The van der Waals surface area contributed by atoms with Crippen molar-refractivity contribution < 1.29 is 14.3 Å². The summed E-state index contributed by atoms with van der Waals surface area (Å²) in [4.78, 5) is 14.5. The molecule has 2 fully saturated rings. The molecule has 0 unspecified atom stereocenters. The third-order valence-corrected chi connectivity index (χ3v) is 4.91. The molecule has 5 heteroatoms. The third kappa shape index (κ3) is 3.61. The minimum Gasteiger partial charge on any atom is -0.493 e. The van der Waals surface area contributed by atoms with E-state index in [4.69, 9.17) is 15.2 Å². The van der Waals surface area contributed by atoms with Gasteiger partial charge in [-0.15, -0.1) is 0 Å². The maximum absolute atomic E-state index is 12.6. The normalized spacial score (nSPS) is 21.7. The van der Waals surface area contributed by atoms with E-state index in [2.05, 4.69) is 0 Å².